The molecule has 1 aromatic heterocycles. The van der Waals surface area contributed by atoms with Crippen molar-refractivity contribution in [2.75, 3.05) is 7.11 Å². The second-order valence-electron chi connectivity index (χ2n) is 8.05. The third-order valence-electron chi connectivity index (χ3n) is 6.25. The predicted molar refractivity (Wildman–Crippen MR) is 119 cm³/mol. The van der Waals surface area contributed by atoms with Gasteiger partial charge in [0.2, 0.25) is 0 Å². The molecule has 29 heavy (non-hydrogen) atoms. The Balaban J connectivity index is 1.81. The summed E-state index contributed by atoms with van der Waals surface area (Å²) in [6, 6.07) is 8.34. The van der Waals surface area contributed by atoms with Crippen LogP contribution >= 0.6 is 11.6 Å². The molecule has 1 unspecified atom stereocenters. The van der Waals surface area contributed by atoms with Gasteiger partial charge in [0.25, 0.3) is 0 Å². The molecule has 0 saturated heterocycles. The zero-order valence-corrected chi connectivity index (χ0v) is 17.9. The van der Waals surface area contributed by atoms with Gasteiger partial charge in [0, 0.05) is 36.5 Å². The van der Waals surface area contributed by atoms with E-state index in [4.69, 9.17) is 32.1 Å². The maximum absolute atomic E-state index is 6.24. The molecule has 1 saturated carbocycles. The minimum Gasteiger partial charge on any atom is -0.382 e. The summed E-state index contributed by atoms with van der Waals surface area (Å²) in [7, 11) is 1.79. The molecule has 6 heteroatoms. The normalized spacial score (nSPS) is 26.9. The summed E-state index contributed by atoms with van der Waals surface area (Å²) in [6.45, 7) is 4.06. The van der Waals surface area contributed by atoms with Gasteiger partial charge in [-0.15, -0.1) is 0 Å². The zero-order valence-electron chi connectivity index (χ0n) is 17.2. The maximum Gasteiger partial charge on any atom is 0.181 e. The van der Waals surface area contributed by atoms with Crippen molar-refractivity contribution in [2.24, 2.45) is 21.6 Å². The van der Waals surface area contributed by atoms with Gasteiger partial charge in [-0.05, 0) is 62.8 Å². The van der Waals surface area contributed by atoms with Crippen molar-refractivity contribution in [3.8, 4) is 11.1 Å². The van der Waals surface area contributed by atoms with E-state index in [0.717, 1.165) is 53.6 Å². The Bertz CT molecular complexity index is 959. The van der Waals surface area contributed by atoms with Crippen molar-refractivity contribution in [3.05, 3.63) is 52.8 Å². The summed E-state index contributed by atoms with van der Waals surface area (Å²) in [6.07, 6.45) is 7.85. The van der Waals surface area contributed by atoms with Gasteiger partial charge in [0.1, 0.15) is 5.84 Å². The Labute approximate surface area is 177 Å². The highest BCUT2D eigenvalue weighted by Gasteiger charge is 2.46. The number of aromatic nitrogens is 1. The molecule has 2 heterocycles. The summed E-state index contributed by atoms with van der Waals surface area (Å²) in [5.74, 6) is 0.824. The van der Waals surface area contributed by atoms with Gasteiger partial charge in [-0.2, -0.15) is 0 Å². The minimum absolute atomic E-state index is 0.288. The second kappa shape index (κ2) is 7.88. The number of rotatable bonds is 4. The Hall–Kier alpha value is -2.24. The molecule has 1 atom stereocenters. The van der Waals surface area contributed by atoms with Crippen LogP contribution in [0.25, 0.3) is 11.1 Å². The minimum atomic E-state index is -0.668. The molecule has 0 bridgehead atoms. The molecule has 0 amide bonds. The number of hydrogen-bond acceptors (Lipinski definition) is 5. The number of methoxy groups -OCH3 is 1. The lowest BCUT2D eigenvalue weighted by molar-refractivity contribution is 0.0426. The SMILES string of the molecule is COC1CCC(C2(c3cc(-c4cncc(Cl)c4)ccc3C)N=C(C)C(N)=N2)CC1. The van der Waals surface area contributed by atoms with Gasteiger partial charge < -0.3 is 10.5 Å². The van der Waals surface area contributed by atoms with Crippen molar-refractivity contribution in [1.82, 2.24) is 4.98 Å². The van der Waals surface area contributed by atoms with E-state index in [-0.39, 0.29) is 5.92 Å². The molecule has 5 nitrogen and oxygen atoms in total. The smallest absolute Gasteiger partial charge is 0.181 e. The molecular formula is C23H27ClN4O. The van der Waals surface area contributed by atoms with Gasteiger partial charge in [0.15, 0.2) is 5.66 Å². The molecule has 1 aliphatic heterocycles. The molecule has 2 aliphatic rings. The Morgan fingerprint density at radius 2 is 1.79 bits per heavy atom. The van der Waals surface area contributed by atoms with Gasteiger partial charge in [-0.3, -0.25) is 9.98 Å². The van der Waals surface area contributed by atoms with Gasteiger partial charge >= 0.3 is 0 Å². The first kappa shape index (κ1) is 20.0. The molecule has 4 rings (SSSR count). The third-order valence-corrected chi connectivity index (χ3v) is 6.46. The fourth-order valence-electron chi connectivity index (χ4n) is 4.59. The lowest BCUT2D eigenvalue weighted by Gasteiger charge is -2.38. The molecule has 1 aromatic carbocycles. The first-order valence-electron chi connectivity index (χ1n) is 10.1. The largest absolute Gasteiger partial charge is 0.382 e. The number of hydrogen-bond donors (Lipinski definition) is 1. The second-order valence-corrected chi connectivity index (χ2v) is 8.49. The first-order valence-corrected chi connectivity index (χ1v) is 10.5. The first-order chi connectivity index (χ1) is 13.9. The Morgan fingerprint density at radius 1 is 1.03 bits per heavy atom. The number of nitrogens with zero attached hydrogens (tertiary/aromatic N) is 3. The van der Waals surface area contributed by atoms with Crippen molar-refractivity contribution < 1.29 is 4.74 Å². The highest BCUT2D eigenvalue weighted by Crippen LogP contribution is 2.47. The van der Waals surface area contributed by atoms with Gasteiger partial charge in [-0.25, -0.2) is 4.99 Å². The predicted octanol–water partition coefficient (Wildman–Crippen LogP) is 4.90. The Kier molecular flexibility index (Phi) is 5.45. The van der Waals surface area contributed by atoms with Crippen LogP contribution in [0.2, 0.25) is 5.02 Å². The van der Waals surface area contributed by atoms with Crippen LogP contribution in [0.1, 0.15) is 43.7 Å². The number of benzene rings is 1. The number of pyridine rings is 1. The summed E-state index contributed by atoms with van der Waals surface area (Å²) in [5, 5.41) is 0.620. The van der Waals surface area contributed by atoms with E-state index >= 15 is 0 Å². The number of amidine groups is 1. The summed E-state index contributed by atoms with van der Waals surface area (Å²) in [4.78, 5) is 14.3. The highest BCUT2D eigenvalue weighted by atomic mass is 35.5. The number of aliphatic imine (C=N–C) groups is 2. The zero-order chi connectivity index (χ0) is 20.6. The van der Waals surface area contributed by atoms with Crippen molar-refractivity contribution >= 4 is 23.1 Å². The van der Waals surface area contributed by atoms with Crippen LogP contribution in [-0.2, 0) is 10.4 Å². The number of aryl methyl sites for hydroxylation is 1. The summed E-state index contributed by atoms with van der Waals surface area (Å²) < 4.78 is 5.58. The van der Waals surface area contributed by atoms with E-state index in [0.29, 0.717) is 17.0 Å². The van der Waals surface area contributed by atoms with Crippen LogP contribution < -0.4 is 5.73 Å². The molecule has 1 fully saturated rings. The number of nitrogens with two attached hydrogens (primary N) is 1. The Morgan fingerprint density at radius 3 is 2.41 bits per heavy atom. The van der Waals surface area contributed by atoms with E-state index in [1.807, 2.05) is 19.2 Å². The van der Waals surface area contributed by atoms with Crippen LogP contribution in [0.5, 0.6) is 0 Å². The molecule has 2 N–H and O–H groups in total. The fraction of sp³-hybridized carbons (Fsp3) is 0.435. The van der Waals surface area contributed by atoms with Gasteiger partial charge in [-0.1, -0.05) is 23.7 Å². The van der Waals surface area contributed by atoms with Crippen LogP contribution in [0.15, 0.2) is 46.6 Å². The van der Waals surface area contributed by atoms with E-state index in [9.17, 15) is 0 Å². The highest BCUT2D eigenvalue weighted by molar-refractivity contribution is 6.41. The van der Waals surface area contributed by atoms with E-state index < -0.39 is 5.66 Å². The fourth-order valence-corrected chi connectivity index (χ4v) is 4.77. The molecular weight excluding hydrogens is 384 g/mol. The molecule has 152 valence electrons. The monoisotopic (exact) mass is 410 g/mol. The molecule has 2 aromatic rings. The van der Waals surface area contributed by atoms with Crippen LogP contribution in [0.4, 0.5) is 0 Å². The molecule has 1 aliphatic carbocycles. The average molecular weight is 411 g/mol. The van der Waals surface area contributed by atoms with E-state index in [1.54, 1.807) is 13.3 Å². The summed E-state index contributed by atoms with van der Waals surface area (Å²) in [5.41, 5.74) is 10.7. The quantitative estimate of drug-likeness (QED) is 0.778. The lowest BCUT2D eigenvalue weighted by Crippen LogP contribution is -2.36. The molecule has 0 radical (unpaired) electrons. The lowest BCUT2D eigenvalue weighted by atomic mass is 9.74. The average Bonchev–Trinajstić information content (AvgIpc) is 3.03. The van der Waals surface area contributed by atoms with Crippen LogP contribution in [0.3, 0.4) is 0 Å². The maximum atomic E-state index is 6.24. The van der Waals surface area contributed by atoms with E-state index in [1.165, 1.54) is 0 Å². The number of halogens is 1. The van der Waals surface area contributed by atoms with Crippen molar-refractivity contribution in [1.29, 1.82) is 0 Å². The van der Waals surface area contributed by atoms with E-state index in [2.05, 4.69) is 30.1 Å². The topological polar surface area (TPSA) is 72.9 Å². The van der Waals surface area contributed by atoms with Crippen LogP contribution in [-0.4, -0.2) is 29.7 Å². The van der Waals surface area contributed by atoms with Crippen molar-refractivity contribution in [2.45, 2.75) is 51.3 Å². The van der Waals surface area contributed by atoms with Crippen LogP contribution in [0, 0.1) is 12.8 Å². The summed E-state index contributed by atoms with van der Waals surface area (Å²) >= 11 is 6.17. The van der Waals surface area contributed by atoms with Gasteiger partial charge in [0.05, 0.1) is 16.8 Å². The molecule has 0 spiro atoms. The van der Waals surface area contributed by atoms with Crippen molar-refractivity contribution in [3.63, 3.8) is 0 Å². The third kappa shape index (κ3) is 3.69. The standard InChI is InChI=1S/C23H27ClN4O/c1-14-4-5-16(17-10-19(24)13-26-12-17)11-21(14)23(27-15(2)22(25)28-23)18-6-8-20(29-3)9-7-18/h4-5,10-13,18,20H,6-9H2,1-3H3,(H2,25,28). The number of ether oxygens (including phenoxy) is 1.